The molecule has 0 radical (unpaired) electrons. The minimum atomic E-state index is -0.00771. The number of aromatic nitrogens is 2. The summed E-state index contributed by atoms with van der Waals surface area (Å²) < 4.78 is 3.42. The molecule has 0 saturated heterocycles. The van der Waals surface area contributed by atoms with Gasteiger partial charge in [-0.15, -0.1) is 0 Å². The highest BCUT2D eigenvalue weighted by molar-refractivity contribution is 5.43. The van der Waals surface area contributed by atoms with E-state index in [1.807, 2.05) is 50.5 Å². The molecule has 0 bridgehead atoms. The van der Waals surface area contributed by atoms with E-state index in [2.05, 4.69) is 6.92 Å². The average molecular weight is 259 g/mol. The Hall–Kier alpha value is -1.81. The van der Waals surface area contributed by atoms with Crippen LogP contribution in [0.15, 0.2) is 41.5 Å². The summed E-state index contributed by atoms with van der Waals surface area (Å²) in [6.07, 6.45) is 3.65. The quantitative estimate of drug-likeness (QED) is 0.915. The van der Waals surface area contributed by atoms with Crippen molar-refractivity contribution >= 4 is 0 Å². The van der Waals surface area contributed by atoms with Crippen molar-refractivity contribution < 1.29 is 0 Å². The van der Waals surface area contributed by atoms with E-state index in [1.165, 1.54) is 0 Å². The first-order chi connectivity index (χ1) is 9.06. The molecule has 1 aromatic heterocycles. The van der Waals surface area contributed by atoms with Gasteiger partial charge in [0.05, 0.1) is 5.69 Å². The first-order valence-corrected chi connectivity index (χ1v) is 6.65. The lowest BCUT2D eigenvalue weighted by Crippen LogP contribution is -2.25. The van der Waals surface area contributed by atoms with Crippen LogP contribution in [0.5, 0.6) is 0 Å². The maximum absolute atomic E-state index is 12.4. The maximum atomic E-state index is 12.4. The van der Waals surface area contributed by atoms with Gasteiger partial charge in [0.1, 0.15) is 0 Å². The second kappa shape index (κ2) is 5.45. The Labute approximate surface area is 113 Å². The third kappa shape index (κ3) is 2.49. The molecule has 0 aliphatic heterocycles. The highest BCUT2D eigenvalue weighted by atomic mass is 16.1. The van der Waals surface area contributed by atoms with E-state index in [9.17, 15) is 4.79 Å². The van der Waals surface area contributed by atoms with Gasteiger partial charge in [-0.05, 0) is 37.9 Å². The normalized spacial score (nSPS) is 12.9. The molecule has 4 heteroatoms. The van der Waals surface area contributed by atoms with Crippen LogP contribution in [0.2, 0.25) is 0 Å². The molecule has 4 nitrogen and oxygen atoms in total. The van der Waals surface area contributed by atoms with Gasteiger partial charge in [0.2, 0.25) is 0 Å². The maximum Gasteiger partial charge on any atom is 0.332 e. The predicted octanol–water partition coefficient (Wildman–Crippen LogP) is 2.28. The summed E-state index contributed by atoms with van der Waals surface area (Å²) in [7, 11) is 0. The lowest BCUT2D eigenvalue weighted by atomic mass is 9.99. The van der Waals surface area contributed by atoms with E-state index in [0.29, 0.717) is 6.54 Å². The lowest BCUT2D eigenvalue weighted by Gasteiger charge is -2.14. The molecule has 1 atom stereocenters. The van der Waals surface area contributed by atoms with Gasteiger partial charge < -0.3 is 5.73 Å². The van der Waals surface area contributed by atoms with Crippen molar-refractivity contribution in [1.29, 1.82) is 0 Å². The molecule has 0 aliphatic carbocycles. The molecule has 102 valence electrons. The fraction of sp³-hybridized carbons (Fsp3) is 0.400. The Morgan fingerprint density at radius 3 is 2.42 bits per heavy atom. The Morgan fingerprint density at radius 2 is 1.84 bits per heavy atom. The van der Waals surface area contributed by atoms with Gasteiger partial charge in [-0.25, -0.2) is 4.79 Å². The highest BCUT2D eigenvalue weighted by Crippen LogP contribution is 2.21. The van der Waals surface area contributed by atoms with Crippen LogP contribution in [0.3, 0.4) is 0 Å². The third-order valence-corrected chi connectivity index (χ3v) is 3.44. The number of rotatable bonds is 4. The van der Waals surface area contributed by atoms with Gasteiger partial charge >= 0.3 is 5.69 Å². The molecule has 0 aliphatic rings. The predicted molar refractivity (Wildman–Crippen MR) is 77.9 cm³/mol. The van der Waals surface area contributed by atoms with E-state index in [0.717, 1.165) is 11.3 Å². The number of nitrogens with zero attached hydrogens (tertiary/aromatic N) is 2. The number of hydrogen-bond donors (Lipinski definition) is 1. The van der Waals surface area contributed by atoms with Crippen molar-refractivity contribution in [2.75, 3.05) is 6.54 Å². The van der Waals surface area contributed by atoms with E-state index >= 15 is 0 Å². The Bertz CT molecular complexity index is 610. The fourth-order valence-corrected chi connectivity index (χ4v) is 2.22. The Morgan fingerprint density at radius 1 is 1.16 bits per heavy atom. The molecule has 0 amide bonds. The molecule has 1 aromatic carbocycles. The molecule has 0 fully saturated rings. The van der Waals surface area contributed by atoms with Gasteiger partial charge in [0.25, 0.3) is 0 Å². The van der Waals surface area contributed by atoms with Gasteiger partial charge in [-0.3, -0.25) is 9.13 Å². The van der Waals surface area contributed by atoms with Crippen molar-refractivity contribution in [3.05, 3.63) is 52.7 Å². The Kier molecular flexibility index (Phi) is 3.90. The molecule has 0 saturated carbocycles. The van der Waals surface area contributed by atoms with Crippen molar-refractivity contribution in [2.24, 2.45) is 5.73 Å². The topological polar surface area (TPSA) is 52.9 Å². The van der Waals surface area contributed by atoms with E-state index < -0.39 is 0 Å². The number of hydrogen-bond acceptors (Lipinski definition) is 2. The standard InChI is InChI=1S/C15H21N3O/c1-11(2)17-8-9-18(15(17)19)14-7-5-4-6-13(14)12(3)10-16/h4-9,11-12H,10,16H2,1-3H3. The number of benzene rings is 1. The Balaban J connectivity index is 2.57. The largest absolute Gasteiger partial charge is 0.332 e. The highest BCUT2D eigenvalue weighted by Gasteiger charge is 2.13. The SMILES string of the molecule is CC(CN)c1ccccc1-n1ccn(C(C)C)c1=O. The average Bonchev–Trinajstić information content (AvgIpc) is 2.79. The van der Waals surface area contributed by atoms with Crippen molar-refractivity contribution in [1.82, 2.24) is 9.13 Å². The molecular weight excluding hydrogens is 238 g/mol. The van der Waals surface area contributed by atoms with Crippen LogP contribution < -0.4 is 11.4 Å². The summed E-state index contributed by atoms with van der Waals surface area (Å²) >= 11 is 0. The minimum absolute atomic E-state index is 0.00771. The van der Waals surface area contributed by atoms with Gasteiger partial charge in [0, 0.05) is 18.4 Å². The van der Waals surface area contributed by atoms with Crippen molar-refractivity contribution in [2.45, 2.75) is 32.7 Å². The van der Waals surface area contributed by atoms with Crippen molar-refractivity contribution in [3.8, 4) is 5.69 Å². The summed E-state index contributed by atoms with van der Waals surface area (Å²) in [6.45, 7) is 6.64. The van der Waals surface area contributed by atoms with Crippen LogP contribution in [0.4, 0.5) is 0 Å². The smallest absolute Gasteiger partial charge is 0.330 e. The van der Waals surface area contributed by atoms with Crippen LogP contribution in [-0.2, 0) is 0 Å². The second-order valence-electron chi connectivity index (χ2n) is 5.15. The van der Waals surface area contributed by atoms with Gasteiger partial charge in [0.15, 0.2) is 0 Å². The zero-order valence-electron chi connectivity index (χ0n) is 11.7. The number of para-hydroxylation sites is 1. The number of nitrogens with two attached hydrogens (primary N) is 1. The molecule has 0 spiro atoms. The summed E-state index contributed by atoms with van der Waals surface area (Å²) in [5.74, 6) is 0.227. The lowest BCUT2D eigenvalue weighted by molar-refractivity contribution is 0.573. The molecule has 2 rings (SSSR count). The summed E-state index contributed by atoms with van der Waals surface area (Å²) in [5, 5.41) is 0. The molecular formula is C15H21N3O. The van der Waals surface area contributed by atoms with Crippen molar-refractivity contribution in [3.63, 3.8) is 0 Å². The summed E-state index contributed by atoms with van der Waals surface area (Å²) in [5.41, 5.74) is 7.77. The second-order valence-corrected chi connectivity index (χ2v) is 5.15. The zero-order chi connectivity index (χ0) is 14.0. The van der Waals surface area contributed by atoms with E-state index in [1.54, 1.807) is 9.13 Å². The van der Waals surface area contributed by atoms with Crippen LogP contribution in [-0.4, -0.2) is 15.7 Å². The van der Waals surface area contributed by atoms with Crippen LogP contribution in [0, 0.1) is 0 Å². The monoisotopic (exact) mass is 259 g/mol. The first-order valence-electron chi connectivity index (χ1n) is 6.65. The first kappa shape index (κ1) is 13.6. The zero-order valence-corrected chi connectivity index (χ0v) is 11.7. The third-order valence-electron chi connectivity index (χ3n) is 3.44. The van der Waals surface area contributed by atoms with E-state index in [4.69, 9.17) is 5.73 Å². The van der Waals surface area contributed by atoms with E-state index in [-0.39, 0.29) is 17.6 Å². The van der Waals surface area contributed by atoms with Crippen LogP contribution >= 0.6 is 0 Å². The summed E-state index contributed by atoms with van der Waals surface area (Å²) in [6, 6.07) is 8.09. The van der Waals surface area contributed by atoms with Crippen LogP contribution in [0.25, 0.3) is 5.69 Å². The molecule has 2 N–H and O–H groups in total. The minimum Gasteiger partial charge on any atom is -0.330 e. The molecule has 1 unspecified atom stereocenters. The molecule has 1 heterocycles. The summed E-state index contributed by atoms with van der Waals surface area (Å²) in [4.78, 5) is 12.4. The van der Waals surface area contributed by atoms with Gasteiger partial charge in [-0.1, -0.05) is 25.1 Å². The van der Waals surface area contributed by atoms with Crippen LogP contribution in [0.1, 0.15) is 38.3 Å². The fourth-order valence-electron chi connectivity index (χ4n) is 2.22. The number of imidazole rings is 1. The molecule has 19 heavy (non-hydrogen) atoms. The van der Waals surface area contributed by atoms with Gasteiger partial charge in [-0.2, -0.15) is 0 Å². The molecule has 2 aromatic rings.